The summed E-state index contributed by atoms with van der Waals surface area (Å²) < 4.78 is 0. The van der Waals surface area contributed by atoms with Gasteiger partial charge in [0.05, 0.1) is 5.02 Å². The summed E-state index contributed by atoms with van der Waals surface area (Å²) in [6.07, 6.45) is 0.943. The molecule has 0 atom stereocenters. The molecule has 1 N–H and O–H groups in total. The molecular weight excluding hydrogens is 282 g/mol. The number of halogens is 1. The highest BCUT2D eigenvalue weighted by molar-refractivity contribution is 6.33. The van der Waals surface area contributed by atoms with Crippen LogP contribution in [0.2, 0.25) is 5.02 Å². The Bertz CT molecular complexity index is 600. The minimum Gasteiger partial charge on any atom is -0.314 e. The Hall–Kier alpha value is -1.45. The predicted octanol–water partition coefficient (Wildman–Crippen LogP) is 3.95. The fraction of sp³-hybridized carbons (Fsp3) is 0.412. The van der Waals surface area contributed by atoms with Crippen LogP contribution in [-0.2, 0) is 6.42 Å². The van der Waals surface area contributed by atoms with Crippen LogP contribution in [0.15, 0.2) is 24.3 Å². The molecule has 4 heteroatoms. The quantitative estimate of drug-likeness (QED) is 0.908. The molecule has 21 heavy (non-hydrogen) atoms. The first-order valence-corrected chi connectivity index (χ1v) is 7.69. The van der Waals surface area contributed by atoms with E-state index in [-0.39, 0.29) is 0 Å². The zero-order valence-corrected chi connectivity index (χ0v) is 13.8. The van der Waals surface area contributed by atoms with Crippen molar-refractivity contribution in [3.63, 3.8) is 0 Å². The van der Waals surface area contributed by atoms with Crippen LogP contribution in [0.3, 0.4) is 0 Å². The van der Waals surface area contributed by atoms with Crippen molar-refractivity contribution in [1.29, 1.82) is 0 Å². The van der Waals surface area contributed by atoms with Crippen LogP contribution in [0.25, 0.3) is 11.4 Å². The molecule has 0 amide bonds. The molecule has 2 rings (SSSR count). The van der Waals surface area contributed by atoms with Gasteiger partial charge in [-0.2, -0.15) is 0 Å². The maximum Gasteiger partial charge on any atom is 0.161 e. The maximum atomic E-state index is 6.23. The van der Waals surface area contributed by atoms with Crippen molar-refractivity contribution in [3.8, 4) is 11.4 Å². The van der Waals surface area contributed by atoms with E-state index < -0.39 is 0 Å². The topological polar surface area (TPSA) is 37.8 Å². The third kappa shape index (κ3) is 4.02. The van der Waals surface area contributed by atoms with Crippen LogP contribution in [-0.4, -0.2) is 22.6 Å². The summed E-state index contributed by atoms with van der Waals surface area (Å²) in [4.78, 5) is 9.28. The van der Waals surface area contributed by atoms with Crippen molar-refractivity contribution in [1.82, 2.24) is 15.3 Å². The van der Waals surface area contributed by atoms with E-state index in [0.717, 1.165) is 29.9 Å². The zero-order chi connectivity index (χ0) is 15.4. The van der Waals surface area contributed by atoms with Crippen LogP contribution in [0, 0.1) is 13.8 Å². The molecule has 0 radical (unpaired) electrons. The minimum absolute atomic E-state index is 0.494. The van der Waals surface area contributed by atoms with Gasteiger partial charge in [-0.25, -0.2) is 9.97 Å². The first-order chi connectivity index (χ1) is 9.99. The number of rotatable bonds is 5. The molecule has 0 bridgehead atoms. The molecule has 2 aromatic rings. The van der Waals surface area contributed by atoms with Gasteiger partial charge in [-0.15, -0.1) is 0 Å². The molecule has 1 heterocycles. The Kier molecular flexibility index (Phi) is 5.32. The molecule has 0 aliphatic heterocycles. The summed E-state index contributed by atoms with van der Waals surface area (Å²) in [5.74, 6) is 0.705. The Morgan fingerprint density at radius 2 is 1.71 bits per heavy atom. The molecule has 1 aromatic heterocycles. The Balaban J connectivity index is 2.27. The average Bonchev–Trinajstić information content (AvgIpc) is 2.42. The van der Waals surface area contributed by atoms with Crippen LogP contribution in [0.1, 0.15) is 30.8 Å². The van der Waals surface area contributed by atoms with Gasteiger partial charge in [0.25, 0.3) is 0 Å². The first-order valence-electron chi connectivity index (χ1n) is 7.31. The van der Waals surface area contributed by atoms with Gasteiger partial charge in [0.2, 0.25) is 0 Å². The van der Waals surface area contributed by atoms with Crippen LogP contribution < -0.4 is 5.32 Å². The van der Waals surface area contributed by atoms with E-state index in [1.165, 1.54) is 5.56 Å². The van der Waals surface area contributed by atoms with E-state index in [4.69, 9.17) is 11.6 Å². The van der Waals surface area contributed by atoms with Crippen molar-refractivity contribution >= 4 is 11.6 Å². The summed E-state index contributed by atoms with van der Waals surface area (Å²) in [6.45, 7) is 9.32. The first kappa shape index (κ1) is 15.9. The standard InChI is InChI=1S/C17H22ClN3/c1-11(2)19-10-9-14-12(3)20-17(21-13(14)4)15-7-5-6-8-16(15)18/h5-8,11,19H,9-10H2,1-4H3. The predicted molar refractivity (Wildman–Crippen MR) is 88.8 cm³/mol. The second-order valence-corrected chi connectivity index (χ2v) is 5.94. The Labute approximate surface area is 131 Å². The van der Waals surface area contributed by atoms with Gasteiger partial charge in [-0.3, -0.25) is 0 Å². The molecule has 0 spiro atoms. The number of hydrogen-bond acceptors (Lipinski definition) is 3. The summed E-state index contributed by atoms with van der Waals surface area (Å²) in [7, 11) is 0. The number of benzene rings is 1. The van der Waals surface area contributed by atoms with E-state index in [1.54, 1.807) is 0 Å². The van der Waals surface area contributed by atoms with Gasteiger partial charge in [0.1, 0.15) is 0 Å². The molecule has 0 saturated carbocycles. The maximum absolute atomic E-state index is 6.23. The van der Waals surface area contributed by atoms with Gasteiger partial charge < -0.3 is 5.32 Å². The highest BCUT2D eigenvalue weighted by Crippen LogP contribution is 2.26. The lowest BCUT2D eigenvalue weighted by atomic mass is 10.1. The third-order valence-corrected chi connectivity index (χ3v) is 3.79. The van der Waals surface area contributed by atoms with Crippen molar-refractivity contribution in [3.05, 3.63) is 46.2 Å². The summed E-state index contributed by atoms with van der Waals surface area (Å²) in [5, 5.41) is 4.11. The smallest absolute Gasteiger partial charge is 0.161 e. The van der Waals surface area contributed by atoms with Crippen molar-refractivity contribution < 1.29 is 0 Å². The molecule has 0 aliphatic rings. The van der Waals surface area contributed by atoms with Gasteiger partial charge in [0.15, 0.2) is 5.82 Å². The molecule has 0 aliphatic carbocycles. The van der Waals surface area contributed by atoms with Crippen LogP contribution in [0.4, 0.5) is 0 Å². The third-order valence-electron chi connectivity index (χ3n) is 3.46. The van der Waals surface area contributed by atoms with E-state index >= 15 is 0 Å². The summed E-state index contributed by atoms with van der Waals surface area (Å²) in [6, 6.07) is 8.18. The number of aryl methyl sites for hydroxylation is 2. The minimum atomic E-state index is 0.494. The number of aromatic nitrogens is 2. The average molecular weight is 304 g/mol. The van der Waals surface area contributed by atoms with E-state index in [1.807, 2.05) is 38.1 Å². The molecule has 0 unspecified atom stereocenters. The van der Waals surface area contributed by atoms with Crippen molar-refractivity contribution in [2.45, 2.75) is 40.2 Å². The highest BCUT2D eigenvalue weighted by atomic mass is 35.5. The lowest BCUT2D eigenvalue weighted by Crippen LogP contribution is -2.25. The largest absolute Gasteiger partial charge is 0.314 e. The van der Waals surface area contributed by atoms with Gasteiger partial charge in [-0.1, -0.05) is 37.6 Å². The number of nitrogens with zero attached hydrogens (tertiary/aromatic N) is 2. The van der Waals surface area contributed by atoms with Crippen molar-refractivity contribution in [2.24, 2.45) is 0 Å². The zero-order valence-electron chi connectivity index (χ0n) is 13.1. The fourth-order valence-electron chi connectivity index (χ4n) is 2.35. The molecule has 0 saturated heterocycles. The fourth-order valence-corrected chi connectivity index (χ4v) is 2.57. The Morgan fingerprint density at radius 3 is 2.29 bits per heavy atom. The monoisotopic (exact) mass is 303 g/mol. The second kappa shape index (κ2) is 7.01. The summed E-state index contributed by atoms with van der Waals surface area (Å²) >= 11 is 6.23. The Morgan fingerprint density at radius 1 is 1.10 bits per heavy atom. The van der Waals surface area contributed by atoms with Crippen LogP contribution >= 0.6 is 11.6 Å². The van der Waals surface area contributed by atoms with Crippen molar-refractivity contribution in [2.75, 3.05) is 6.54 Å². The van der Waals surface area contributed by atoms with E-state index in [2.05, 4.69) is 29.1 Å². The molecule has 112 valence electrons. The SMILES string of the molecule is Cc1nc(-c2ccccc2Cl)nc(C)c1CCNC(C)C. The second-order valence-electron chi connectivity index (χ2n) is 5.54. The van der Waals surface area contributed by atoms with Crippen LogP contribution in [0.5, 0.6) is 0 Å². The van der Waals surface area contributed by atoms with Gasteiger partial charge >= 0.3 is 0 Å². The highest BCUT2D eigenvalue weighted by Gasteiger charge is 2.11. The lowest BCUT2D eigenvalue weighted by molar-refractivity contribution is 0.588. The molecule has 1 aromatic carbocycles. The number of hydrogen-bond donors (Lipinski definition) is 1. The molecule has 0 fully saturated rings. The molecular formula is C17H22ClN3. The van der Waals surface area contributed by atoms with E-state index in [9.17, 15) is 0 Å². The number of nitrogens with one attached hydrogen (secondary N) is 1. The lowest BCUT2D eigenvalue weighted by Gasteiger charge is -2.13. The van der Waals surface area contributed by atoms with Gasteiger partial charge in [-0.05, 0) is 44.5 Å². The summed E-state index contributed by atoms with van der Waals surface area (Å²) in [5.41, 5.74) is 4.17. The van der Waals surface area contributed by atoms with Gasteiger partial charge in [0, 0.05) is 23.0 Å². The normalized spacial score (nSPS) is 11.1. The molecule has 3 nitrogen and oxygen atoms in total. The van der Waals surface area contributed by atoms with E-state index in [0.29, 0.717) is 16.9 Å².